The van der Waals surface area contributed by atoms with Crippen LogP contribution in [0.1, 0.15) is 57.4 Å². The van der Waals surface area contributed by atoms with Crippen LogP contribution in [0, 0.1) is 5.92 Å². The minimum atomic E-state index is -0.388. The van der Waals surface area contributed by atoms with Crippen LogP contribution in [0.15, 0.2) is 36.7 Å². The topological polar surface area (TPSA) is 57.4 Å². The number of nitrogens with one attached hydrogen (secondary N) is 1. The third-order valence-corrected chi connectivity index (χ3v) is 6.08. The highest BCUT2D eigenvalue weighted by Gasteiger charge is 2.18. The molecular formula is C22H31ClN2O2. The van der Waals surface area contributed by atoms with Crippen molar-refractivity contribution in [2.24, 2.45) is 5.92 Å². The highest BCUT2D eigenvalue weighted by atomic mass is 35.5. The molecule has 0 bridgehead atoms. The molecule has 1 aromatic carbocycles. The third-order valence-electron chi connectivity index (χ3n) is 5.76. The minimum absolute atomic E-state index is 0.130. The summed E-state index contributed by atoms with van der Waals surface area (Å²) < 4.78 is 1.89. The maximum absolute atomic E-state index is 9.60. The van der Waals surface area contributed by atoms with Crippen molar-refractivity contribution >= 4 is 28.2 Å². The van der Waals surface area contributed by atoms with Crippen molar-refractivity contribution < 1.29 is 10.2 Å². The zero-order valence-electron chi connectivity index (χ0n) is 16.0. The van der Waals surface area contributed by atoms with E-state index in [1.165, 1.54) is 44.9 Å². The van der Waals surface area contributed by atoms with Crippen LogP contribution in [-0.4, -0.2) is 28.0 Å². The zero-order valence-corrected chi connectivity index (χ0v) is 16.7. The van der Waals surface area contributed by atoms with Gasteiger partial charge in [-0.2, -0.15) is 0 Å². The van der Waals surface area contributed by atoms with E-state index in [1.54, 1.807) is 0 Å². The molecule has 0 unspecified atom stereocenters. The fourth-order valence-corrected chi connectivity index (χ4v) is 4.45. The summed E-state index contributed by atoms with van der Waals surface area (Å²) in [6, 6.07) is 5.32. The normalized spacial score (nSPS) is 16.0. The minimum Gasteiger partial charge on any atom is -0.394 e. The Hall–Kier alpha value is -1.49. The first-order valence-corrected chi connectivity index (χ1v) is 10.5. The number of rotatable bonds is 8. The lowest BCUT2D eigenvalue weighted by atomic mass is 9.94. The molecule has 0 atom stereocenters. The number of allylic oxidation sites excluding steroid dienone is 1. The predicted octanol–water partition coefficient (Wildman–Crippen LogP) is 5.50. The molecule has 148 valence electrons. The fourth-order valence-electron chi connectivity index (χ4n) is 4.18. The van der Waals surface area contributed by atoms with Gasteiger partial charge in [-0.25, -0.2) is 0 Å². The molecule has 1 aliphatic carbocycles. The Balaban J connectivity index is 1.74. The molecule has 1 aromatic heterocycles. The summed E-state index contributed by atoms with van der Waals surface area (Å²) in [6.45, 7) is 3.97. The summed E-state index contributed by atoms with van der Waals surface area (Å²) in [5.74, 6) is 0.809. The Morgan fingerprint density at radius 3 is 2.56 bits per heavy atom. The van der Waals surface area contributed by atoms with Gasteiger partial charge >= 0.3 is 0 Å². The lowest BCUT2D eigenvalue weighted by Gasteiger charge is -2.16. The summed E-state index contributed by atoms with van der Waals surface area (Å²) in [4.78, 5) is 0. The van der Waals surface area contributed by atoms with Crippen LogP contribution < -0.4 is 5.32 Å². The van der Waals surface area contributed by atoms with Crippen molar-refractivity contribution in [1.82, 2.24) is 4.57 Å². The fraction of sp³-hybridized carbons (Fsp3) is 0.545. The van der Waals surface area contributed by atoms with Gasteiger partial charge in [-0.1, -0.05) is 62.8 Å². The van der Waals surface area contributed by atoms with Crippen molar-refractivity contribution in [3.63, 3.8) is 0 Å². The first-order chi connectivity index (χ1) is 13.1. The molecule has 3 rings (SSSR count). The van der Waals surface area contributed by atoms with E-state index in [0.717, 1.165) is 34.6 Å². The van der Waals surface area contributed by atoms with Crippen LogP contribution in [0.25, 0.3) is 10.9 Å². The Morgan fingerprint density at radius 1 is 1.19 bits per heavy atom. The van der Waals surface area contributed by atoms with Crippen molar-refractivity contribution in [3.05, 3.63) is 41.7 Å². The quantitative estimate of drug-likeness (QED) is 0.522. The Labute approximate surface area is 166 Å². The summed E-state index contributed by atoms with van der Waals surface area (Å²) in [7, 11) is 0. The van der Waals surface area contributed by atoms with Gasteiger partial charge in [0.1, 0.15) is 0 Å². The highest BCUT2D eigenvalue weighted by Crippen LogP contribution is 2.35. The summed E-state index contributed by atoms with van der Waals surface area (Å²) >= 11 is 6.46. The van der Waals surface area contributed by atoms with Gasteiger partial charge in [0.2, 0.25) is 0 Å². The standard InChI is InChI=1S/C22H31ClN2O2/c1-16(11-12-17-7-4-2-3-5-8-17)24-20-13-25(18(14-26)15-27)21-10-6-9-19(23)22(20)21/h6,9-10,13,17-18,24,26-27H,1-5,7-8,11-12,14-15H2. The molecule has 0 spiro atoms. The number of fused-ring (bicyclic) bond motifs is 1. The van der Waals surface area contributed by atoms with Gasteiger partial charge < -0.3 is 20.1 Å². The second kappa shape index (κ2) is 9.63. The van der Waals surface area contributed by atoms with E-state index in [-0.39, 0.29) is 19.3 Å². The molecule has 2 aromatic rings. The van der Waals surface area contributed by atoms with E-state index in [1.807, 2.05) is 29.0 Å². The molecule has 0 aliphatic heterocycles. The molecule has 1 aliphatic rings. The smallest absolute Gasteiger partial charge is 0.0799 e. The first-order valence-electron chi connectivity index (χ1n) is 10.1. The van der Waals surface area contributed by atoms with Crippen LogP contribution in [0.4, 0.5) is 5.69 Å². The maximum atomic E-state index is 9.60. The molecule has 1 fully saturated rings. The summed E-state index contributed by atoms with van der Waals surface area (Å²) in [5.41, 5.74) is 2.77. The molecule has 0 radical (unpaired) electrons. The van der Waals surface area contributed by atoms with E-state index in [4.69, 9.17) is 11.6 Å². The number of nitrogens with zero attached hydrogens (tertiary/aromatic N) is 1. The third kappa shape index (κ3) is 4.87. The Bertz CT molecular complexity index is 759. The van der Waals surface area contributed by atoms with Crippen LogP contribution in [0.2, 0.25) is 5.02 Å². The van der Waals surface area contributed by atoms with Crippen LogP contribution in [0.3, 0.4) is 0 Å². The van der Waals surface area contributed by atoms with Gasteiger partial charge in [-0.3, -0.25) is 0 Å². The monoisotopic (exact) mass is 390 g/mol. The van der Waals surface area contributed by atoms with Gasteiger partial charge in [0.05, 0.1) is 35.5 Å². The van der Waals surface area contributed by atoms with Crippen molar-refractivity contribution in [3.8, 4) is 0 Å². The van der Waals surface area contributed by atoms with Crippen LogP contribution in [0.5, 0.6) is 0 Å². The maximum Gasteiger partial charge on any atom is 0.0799 e. The largest absolute Gasteiger partial charge is 0.394 e. The Morgan fingerprint density at radius 2 is 1.89 bits per heavy atom. The number of benzene rings is 1. The van der Waals surface area contributed by atoms with Gasteiger partial charge in [-0.15, -0.1) is 0 Å². The number of aromatic nitrogens is 1. The lowest BCUT2D eigenvalue weighted by molar-refractivity contribution is 0.157. The Kier molecular flexibility index (Phi) is 7.22. The molecule has 1 saturated carbocycles. The van der Waals surface area contributed by atoms with E-state index in [2.05, 4.69) is 11.9 Å². The van der Waals surface area contributed by atoms with Gasteiger partial charge in [0, 0.05) is 17.3 Å². The molecule has 4 nitrogen and oxygen atoms in total. The number of hydrogen-bond acceptors (Lipinski definition) is 3. The van der Waals surface area contributed by atoms with Crippen LogP contribution >= 0.6 is 11.6 Å². The predicted molar refractivity (Wildman–Crippen MR) is 113 cm³/mol. The highest BCUT2D eigenvalue weighted by molar-refractivity contribution is 6.36. The average Bonchev–Trinajstić information content (AvgIpc) is 2.85. The number of hydrogen-bond donors (Lipinski definition) is 3. The van der Waals surface area contributed by atoms with Gasteiger partial charge in [0.25, 0.3) is 0 Å². The van der Waals surface area contributed by atoms with E-state index < -0.39 is 0 Å². The van der Waals surface area contributed by atoms with E-state index in [0.29, 0.717) is 5.02 Å². The molecule has 5 heteroatoms. The lowest BCUT2D eigenvalue weighted by Crippen LogP contribution is -2.16. The number of anilines is 1. The SMILES string of the molecule is C=C(CCC1CCCCCC1)Nc1cn(C(CO)CO)c2cccc(Cl)c12. The number of aliphatic hydroxyl groups excluding tert-OH is 2. The van der Waals surface area contributed by atoms with Gasteiger partial charge in [-0.05, 0) is 30.9 Å². The molecule has 0 saturated heterocycles. The van der Waals surface area contributed by atoms with Crippen molar-refractivity contribution in [2.75, 3.05) is 18.5 Å². The second-order valence-corrected chi connectivity index (χ2v) is 8.13. The molecule has 27 heavy (non-hydrogen) atoms. The van der Waals surface area contributed by atoms with Crippen molar-refractivity contribution in [2.45, 2.75) is 57.4 Å². The number of halogens is 1. The molecule has 3 N–H and O–H groups in total. The van der Waals surface area contributed by atoms with E-state index in [9.17, 15) is 10.2 Å². The number of aliphatic hydroxyl groups is 2. The van der Waals surface area contributed by atoms with E-state index >= 15 is 0 Å². The zero-order chi connectivity index (χ0) is 19.2. The second-order valence-electron chi connectivity index (χ2n) is 7.73. The summed E-state index contributed by atoms with van der Waals surface area (Å²) in [6.07, 6.45) is 12.2. The summed E-state index contributed by atoms with van der Waals surface area (Å²) in [5, 5.41) is 24.2. The van der Waals surface area contributed by atoms with Crippen LogP contribution in [-0.2, 0) is 0 Å². The molecule has 1 heterocycles. The molecule has 0 amide bonds. The first kappa shape index (κ1) is 20.2. The average molecular weight is 391 g/mol. The molecular weight excluding hydrogens is 360 g/mol. The van der Waals surface area contributed by atoms with Gasteiger partial charge in [0.15, 0.2) is 0 Å². The van der Waals surface area contributed by atoms with Crippen molar-refractivity contribution in [1.29, 1.82) is 0 Å².